The summed E-state index contributed by atoms with van der Waals surface area (Å²) in [5.74, 6) is -2.87. The summed E-state index contributed by atoms with van der Waals surface area (Å²) in [5, 5.41) is 34.6. The van der Waals surface area contributed by atoms with Gasteiger partial charge in [0.25, 0.3) is 0 Å². The third-order valence-corrected chi connectivity index (χ3v) is 0.682. The minimum atomic E-state index is -1.44. The molecule has 2 N–H and O–H groups in total. The van der Waals surface area contributed by atoms with Crippen molar-refractivity contribution in [1.82, 2.24) is 0 Å². The van der Waals surface area contributed by atoms with Gasteiger partial charge in [-0.2, -0.15) is 0 Å². The summed E-state index contributed by atoms with van der Waals surface area (Å²) in [4.78, 5) is 18.7. The Bertz CT molecular complexity index is 142. The zero-order valence-electron chi connectivity index (χ0n) is 7.80. The number of hydrogen-bond donors (Lipinski definition) is 2. The molecule has 0 aliphatic rings. The van der Waals surface area contributed by atoms with E-state index in [1.807, 2.05) is 0 Å². The normalized spacial score (nSPS) is 11.7. The average molecular weight is 239 g/mol. The number of aliphatic carboxylic acids is 2. The van der Waals surface area contributed by atoms with Gasteiger partial charge in [0.05, 0.1) is 24.1 Å². The van der Waals surface area contributed by atoms with Crippen LogP contribution >= 0.6 is 12.4 Å². The maximum Gasteiger partial charge on any atom is 2.00 e. The first kappa shape index (κ1) is 23.6. The molecular weight excluding hydrogens is 228 g/mol. The molecule has 0 spiro atoms. The molecule has 2 unspecified atom stereocenters. The largest absolute Gasteiger partial charge is 2.00 e. The first-order valence-electron chi connectivity index (χ1n) is 3.06. The number of carboxylic acid groups (broad SMARTS) is 2. The van der Waals surface area contributed by atoms with E-state index in [0.717, 1.165) is 13.8 Å². The summed E-state index contributed by atoms with van der Waals surface area (Å²) < 4.78 is 0. The van der Waals surface area contributed by atoms with Crippen molar-refractivity contribution in [2.45, 2.75) is 26.1 Å². The van der Waals surface area contributed by atoms with Gasteiger partial charge in [-0.05, 0) is 13.8 Å². The summed E-state index contributed by atoms with van der Waals surface area (Å²) in [7, 11) is 0. The van der Waals surface area contributed by atoms with E-state index < -0.39 is 24.1 Å². The average Bonchev–Trinajstić information content (AvgIpc) is 1.88. The van der Waals surface area contributed by atoms with Crippen molar-refractivity contribution in [1.29, 1.82) is 0 Å². The molecular formula is C6H11ClMgO6. The molecule has 0 saturated heterocycles. The van der Waals surface area contributed by atoms with Crippen molar-refractivity contribution >= 4 is 47.4 Å². The molecule has 0 heterocycles. The minimum Gasteiger partial charge on any atom is -0.547 e. The van der Waals surface area contributed by atoms with Crippen LogP contribution in [0.3, 0.4) is 0 Å². The molecule has 0 saturated carbocycles. The van der Waals surface area contributed by atoms with Gasteiger partial charge < -0.3 is 30.0 Å². The Kier molecular flexibility index (Phi) is 21.8. The van der Waals surface area contributed by atoms with Crippen molar-refractivity contribution in [2.24, 2.45) is 0 Å². The molecule has 0 aromatic heterocycles. The van der Waals surface area contributed by atoms with Gasteiger partial charge in [-0.15, -0.1) is 12.4 Å². The van der Waals surface area contributed by atoms with Crippen LogP contribution in [0, 0.1) is 0 Å². The van der Waals surface area contributed by atoms with E-state index in [4.69, 9.17) is 10.2 Å². The Morgan fingerprint density at radius 1 is 1.00 bits per heavy atom. The molecule has 14 heavy (non-hydrogen) atoms. The summed E-state index contributed by atoms with van der Waals surface area (Å²) in [6.45, 7) is 2.27. The number of rotatable bonds is 2. The van der Waals surface area contributed by atoms with Crippen LogP contribution in [0.2, 0.25) is 0 Å². The summed E-state index contributed by atoms with van der Waals surface area (Å²) >= 11 is 0. The van der Waals surface area contributed by atoms with E-state index >= 15 is 0 Å². The first-order chi connectivity index (χ1) is 5.29. The molecule has 0 bridgehead atoms. The van der Waals surface area contributed by atoms with Gasteiger partial charge >= 0.3 is 23.1 Å². The molecule has 0 aromatic carbocycles. The van der Waals surface area contributed by atoms with E-state index in [9.17, 15) is 19.8 Å². The van der Waals surface area contributed by atoms with Crippen LogP contribution < -0.4 is 10.2 Å². The maximum absolute atomic E-state index is 9.34. The van der Waals surface area contributed by atoms with E-state index in [-0.39, 0.29) is 35.5 Å². The van der Waals surface area contributed by atoms with Gasteiger partial charge in [0.2, 0.25) is 0 Å². The summed E-state index contributed by atoms with van der Waals surface area (Å²) in [5.41, 5.74) is 0. The number of carbonyl (C=O) groups is 2. The smallest absolute Gasteiger partial charge is 0.547 e. The number of aliphatic hydroxyl groups is 2. The number of aliphatic hydroxyl groups excluding tert-OH is 2. The van der Waals surface area contributed by atoms with Crippen molar-refractivity contribution in [3.05, 3.63) is 0 Å². The predicted octanol–water partition coefficient (Wildman–Crippen LogP) is -3.72. The Labute approximate surface area is 103 Å². The van der Waals surface area contributed by atoms with Crippen LogP contribution in [0.5, 0.6) is 0 Å². The van der Waals surface area contributed by atoms with Gasteiger partial charge in [-0.1, -0.05) is 0 Å². The van der Waals surface area contributed by atoms with Gasteiger partial charge in [-0.3, -0.25) is 0 Å². The van der Waals surface area contributed by atoms with E-state index in [0.29, 0.717) is 0 Å². The molecule has 6 nitrogen and oxygen atoms in total. The molecule has 0 fully saturated rings. The maximum atomic E-state index is 9.34. The van der Waals surface area contributed by atoms with E-state index in [1.54, 1.807) is 0 Å². The van der Waals surface area contributed by atoms with Crippen molar-refractivity contribution in [2.75, 3.05) is 0 Å². The molecule has 8 heteroatoms. The Morgan fingerprint density at radius 2 is 1.07 bits per heavy atom. The standard InChI is InChI=1S/2C3H6O3.ClH.Mg/c2*1-2(4)3(5)6;;/h2*2,4H,1H3,(H,5,6);1H;/q;;;+2/p-2. The molecule has 0 radical (unpaired) electrons. The van der Waals surface area contributed by atoms with Gasteiger partial charge in [0.15, 0.2) is 0 Å². The number of halogens is 1. The van der Waals surface area contributed by atoms with Gasteiger partial charge in [0, 0.05) is 0 Å². The van der Waals surface area contributed by atoms with Crippen LogP contribution in [0.4, 0.5) is 0 Å². The molecule has 80 valence electrons. The zero-order chi connectivity index (χ0) is 10.3. The SMILES string of the molecule is CC(O)C(=O)[O-].CC(O)C(=O)[O-].Cl.[Mg+2]. The number of hydrogen-bond acceptors (Lipinski definition) is 6. The molecule has 2 atom stereocenters. The fourth-order valence-corrected chi connectivity index (χ4v) is 0. The fraction of sp³-hybridized carbons (Fsp3) is 0.667. The third kappa shape index (κ3) is 22.7. The third-order valence-electron chi connectivity index (χ3n) is 0.682. The van der Waals surface area contributed by atoms with Crippen LogP contribution in [-0.2, 0) is 9.59 Å². The summed E-state index contributed by atoms with van der Waals surface area (Å²) in [6, 6.07) is 0. The number of carbonyl (C=O) groups excluding carboxylic acids is 2. The zero-order valence-corrected chi connectivity index (χ0v) is 10.0. The topological polar surface area (TPSA) is 121 Å². The fourth-order valence-electron chi connectivity index (χ4n) is 0. The Hall–Kier alpha value is -0.0838. The second-order valence-corrected chi connectivity index (χ2v) is 1.99. The molecule has 0 amide bonds. The van der Waals surface area contributed by atoms with Gasteiger partial charge in [0.1, 0.15) is 0 Å². The molecule has 0 rings (SSSR count). The predicted molar refractivity (Wildman–Crippen MR) is 46.4 cm³/mol. The van der Waals surface area contributed by atoms with Crippen LogP contribution in [0.1, 0.15) is 13.8 Å². The Balaban J connectivity index is -0.0000000625. The van der Waals surface area contributed by atoms with Crippen LogP contribution in [0.15, 0.2) is 0 Å². The molecule has 0 aliphatic carbocycles. The van der Waals surface area contributed by atoms with Crippen molar-refractivity contribution in [3.8, 4) is 0 Å². The Morgan fingerprint density at radius 3 is 1.07 bits per heavy atom. The van der Waals surface area contributed by atoms with Crippen LogP contribution in [0.25, 0.3) is 0 Å². The minimum absolute atomic E-state index is 0. The summed E-state index contributed by atoms with van der Waals surface area (Å²) in [6.07, 6.45) is -2.69. The van der Waals surface area contributed by atoms with Crippen molar-refractivity contribution < 1.29 is 30.0 Å². The molecule has 0 aromatic rings. The number of carboxylic acids is 2. The van der Waals surface area contributed by atoms with E-state index in [2.05, 4.69) is 0 Å². The van der Waals surface area contributed by atoms with Crippen molar-refractivity contribution in [3.63, 3.8) is 0 Å². The first-order valence-corrected chi connectivity index (χ1v) is 3.06. The monoisotopic (exact) mass is 238 g/mol. The quantitative estimate of drug-likeness (QED) is 0.478. The van der Waals surface area contributed by atoms with Crippen LogP contribution in [-0.4, -0.2) is 57.4 Å². The second kappa shape index (κ2) is 12.9. The second-order valence-electron chi connectivity index (χ2n) is 1.99. The molecule has 0 aliphatic heterocycles. The van der Waals surface area contributed by atoms with E-state index in [1.165, 1.54) is 0 Å². The van der Waals surface area contributed by atoms with Gasteiger partial charge in [-0.25, -0.2) is 0 Å².